The lowest BCUT2D eigenvalue weighted by Gasteiger charge is -2.47. The molecule has 4 nitrogen and oxygen atoms in total. The molecule has 3 atom stereocenters. The fourth-order valence-electron chi connectivity index (χ4n) is 4.15. The summed E-state index contributed by atoms with van der Waals surface area (Å²) in [5.41, 5.74) is 1.08. The molecule has 1 heterocycles. The Morgan fingerprint density at radius 3 is 2.62 bits per heavy atom. The van der Waals surface area contributed by atoms with Crippen LogP contribution in [-0.2, 0) is 16.2 Å². The van der Waals surface area contributed by atoms with Crippen molar-refractivity contribution < 1.29 is 19.1 Å². The van der Waals surface area contributed by atoms with Crippen LogP contribution in [0.5, 0.6) is 0 Å². The van der Waals surface area contributed by atoms with Gasteiger partial charge in [-0.15, -0.1) is 0 Å². The number of carbonyl (C=O) groups is 2. The summed E-state index contributed by atoms with van der Waals surface area (Å²) in [5.74, 6) is 0.276. The second kappa shape index (κ2) is 5.71. The van der Waals surface area contributed by atoms with Gasteiger partial charge in [0.25, 0.3) is 0 Å². The number of furan rings is 1. The third kappa shape index (κ3) is 2.09. The van der Waals surface area contributed by atoms with E-state index in [9.17, 15) is 14.7 Å². The van der Waals surface area contributed by atoms with Crippen LogP contribution >= 0.6 is 0 Å². The zero-order valence-corrected chi connectivity index (χ0v) is 14.3. The quantitative estimate of drug-likeness (QED) is 0.923. The molecule has 1 aromatic heterocycles. The Hall–Kier alpha value is -2.20. The maximum absolute atomic E-state index is 13.2. The van der Waals surface area contributed by atoms with Crippen molar-refractivity contribution in [3.8, 4) is 0 Å². The van der Waals surface area contributed by atoms with Gasteiger partial charge >= 0.3 is 0 Å². The molecule has 4 heteroatoms. The summed E-state index contributed by atoms with van der Waals surface area (Å²) in [6, 6.07) is 3.48. The van der Waals surface area contributed by atoms with E-state index >= 15 is 0 Å². The molecule has 0 fully saturated rings. The third-order valence-electron chi connectivity index (χ3n) is 5.68. The Morgan fingerprint density at radius 1 is 1.33 bits per heavy atom. The number of Topliss-reactive ketones (excluding diaryl/α,β-unsaturated/α-hetero) is 2. The van der Waals surface area contributed by atoms with Gasteiger partial charge in [-0.2, -0.15) is 0 Å². The Bertz CT molecular complexity index is 792. The number of hydrogen-bond donors (Lipinski definition) is 1. The van der Waals surface area contributed by atoms with Crippen LogP contribution in [0.2, 0.25) is 0 Å². The monoisotopic (exact) mass is 326 g/mol. The zero-order valence-electron chi connectivity index (χ0n) is 14.3. The normalized spacial score (nSPS) is 30.2. The summed E-state index contributed by atoms with van der Waals surface area (Å²) in [6.45, 7) is 8.97. The van der Waals surface area contributed by atoms with Crippen molar-refractivity contribution in [3.05, 3.63) is 59.1 Å². The van der Waals surface area contributed by atoms with Crippen LogP contribution < -0.4 is 0 Å². The van der Waals surface area contributed by atoms with Crippen molar-refractivity contribution in [2.75, 3.05) is 0 Å². The van der Waals surface area contributed by atoms with E-state index in [0.29, 0.717) is 29.1 Å². The molecule has 0 saturated carbocycles. The second-order valence-electron chi connectivity index (χ2n) is 6.82. The molecule has 1 N–H and O–H groups in total. The third-order valence-corrected chi connectivity index (χ3v) is 5.68. The van der Waals surface area contributed by atoms with E-state index in [0.717, 1.165) is 5.57 Å². The number of ketones is 2. The molecule has 0 spiro atoms. The van der Waals surface area contributed by atoms with Crippen LogP contribution in [-0.4, -0.2) is 16.7 Å². The van der Waals surface area contributed by atoms with Gasteiger partial charge in [-0.25, -0.2) is 0 Å². The lowest BCUT2D eigenvalue weighted by atomic mass is 9.53. The Kier molecular flexibility index (Phi) is 3.96. The van der Waals surface area contributed by atoms with Crippen LogP contribution in [0.4, 0.5) is 0 Å². The van der Waals surface area contributed by atoms with Crippen LogP contribution in [0.1, 0.15) is 44.6 Å². The largest absolute Gasteiger partial charge is 0.463 e. The van der Waals surface area contributed by atoms with E-state index in [1.165, 1.54) is 0 Å². The van der Waals surface area contributed by atoms with Crippen LogP contribution in [0.25, 0.3) is 0 Å². The molecule has 3 rings (SSSR count). The molecule has 24 heavy (non-hydrogen) atoms. The Balaban J connectivity index is 2.22. The van der Waals surface area contributed by atoms with Gasteiger partial charge in [-0.3, -0.25) is 9.59 Å². The van der Waals surface area contributed by atoms with Crippen molar-refractivity contribution in [1.82, 2.24) is 0 Å². The summed E-state index contributed by atoms with van der Waals surface area (Å²) in [7, 11) is 0. The SMILES string of the molecule is C=CC1=CCC2C(=O)C(C)=C(C)C(=O)C2(C)C1c1ccc(CO)o1. The number of fused-ring (bicyclic) bond motifs is 1. The van der Waals surface area contributed by atoms with Crippen LogP contribution in [0.15, 0.2) is 52.0 Å². The summed E-state index contributed by atoms with van der Waals surface area (Å²) in [5, 5.41) is 9.28. The van der Waals surface area contributed by atoms with Gasteiger partial charge in [0.2, 0.25) is 0 Å². The predicted molar refractivity (Wildman–Crippen MR) is 90.3 cm³/mol. The highest BCUT2D eigenvalue weighted by molar-refractivity contribution is 6.15. The van der Waals surface area contributed by atoms with E-state index in [-0.39, 0.29) is 24.1 Å². The van der Waals surface area contributed by atoms with Gasteiger partial charge in [-0.1, -0.05) is 25.7 Å². The highest BCUT2D eigenvalue weighted by Crippen LogP contribution is 2.55. The minimum Gasteiger partial charge on any atom is -0.463 e. The first kappa shape index (κ1) is 16.7. The average Bonchev–Trinajstić information content (AvgIpc) is 3.06. The van der Waals surface area contributed by atoms with Crippen molar-refractivity contribution >= 4 is 11.6 Å². The molecule has 2 aliphatic rings. The molecule has 1 aromatic rings. The summed E-state index contributed by atoms with van der Waals surface area (Å²) >= 11 is 0. The van der Waals surface area contributed by atoms with Crippen molar-refractivity contribution in [2.24, 2.45) is 11.3 Å². The standard InChI is InChI=1S/C20H22O4/c1-5-13-6-8-15-18(22)11(2)12(3)19(23)20(15,4)17(13)16-9-7-14(10-21)24-16/h5-7,9,15,17,21H,1,8,10H2,2-4H3. The maximum Gasteiger partial charge on any atom is 0.166 e. The van der Waals surface area contributed by atoms with E-state index in [1.54, 1.807) is 32.1 Å². The number of allylic oxidation sites excluding steroid dienone is 5. The molecule has 3 unspecified atom stereocenters. The van der Waals surface area contributed by atoms with Gasteiger partial charge in [0.05, 0.1) is 11.3 Å². The first-order chi connectivity index (χ1) is 11.4. The summed E-state index contributed by atoms with van der Waals surface area (Å²) in [4.78, 5) is 26.0. The molecule has 0 amide bonds. The lowest BCUT2D eigenvalue weighted by molar-refractivity contribution is -0.138. The topological polar surface area (TPSA) is 67.5 Å². The van der Waals surface area contributed by atoms with Crippen LogP contribution in [0, 0.1) is 11.3 Å². The van der Waals surface area contributed by atoms with Crippen molar-refractivity contribution in [3.63, 3.8) is 0 Å². The zero-order chi connectivity index (χ0) is 17.6. The molecule has 0 radical (unpaired) electrons. The number of carbonyl (C=O) groups excluding carboxylic acids is 2. The Labute approximate surface area is 141 Å². The molecule has 2 aliphatic carbocycles. The van der Waals surface area contributed by atoms with Gasteiger partial charge < -0.3 is 9.52 Å². The Morgan fingerprint density at radius 2 is 2.04 bits per heavy atom. The van der Waals surface area contributed by atoms with Crippen LogP contribution in [0.3, 0.4) is 0 Å². The number of hydrogen-bond acceptors (Lipinski definition) is 4. The lowest BCUT2D eigenvalue weighted by Crippen LogP contribution is -2.50. The fourth-order valence-corrected chi connectivity index (χ4v) is 4.15. The molecule has 0 aliphatic heterocycles. The van der Waals surface area contributed by atoms with Gasteiger partial charge in [-0.05, 0) is 49.1 Å². The number of rotatable bonds is 3. The first-order valence-corrected chi connectivity index (χ1v) is 8.14. The molecular formula is C20H22O4. The average molecular weight is 326 g/mol. The highest BCUT2D eigenvalue weighted by atomic mass is 16.4. The van der Waals surface area contributed by atoms with Crippen molar-refractivity contribution in [1.29, 1.82) is 0 Å². The van der Waals surface area contributed by atoms with Crippen molar-refractivity contribution in [2.45, 2.75) is 39.7 Å². The fraction of sp³-hybridized carbons (Fsp3) is 0.400. The van der Waals surface area contributed by atoms with Gasteiger partial charge in [0, 0.05) is 5.92 Å². The van der Waals surface area contributed by atoms with E-state index in [1.807, 2.05) is 13.0 Å². The molecule has 0 bridgehead atoms. The smallest absolute Gasteiger partial charge is 0.166 e. The van der Waals surface area contributed by atoms with E-state index < -0.39 is 11.3 Å². The summed E-state index contributed by atoms with van der Waals surface area (Å²) in [6.07, 6.45) is 4.23. The maximum atomic E-state index is 13.2. The molecule has 0 saturated heterocycles. The second-order valence-corrected chi connectivity index (χ2v) is 6.82. The predicted octanol–water partition coefficient (Wildman–Crippen LogP) is 3.48. The highest BCUT2D eigenvalue weighted by Gasteiger charge is 2.57. The molecule has 126 valence electrons. The molecule has 0 aromatic carbocycles. The summed E-state index contributed by atoms with van der Waals surface area (Å²) < 4.78 is 5.75. The van der Waals surface area contributed by atoms with Gasteiger partial charge in [0.1, 0.15) is 18.1 Å². The molecular weight excluding hydrogens is 304 g/mol. The number of aliphatic hydroxyl groups is 1. The minimum absolute atomic E-state index is 0.0102. The first-order valence-electron chi connectivity index (χ1n) is 8.14. The van der Waals surface area contributed by atoms with Gasteiger partial charge in [0.15, 0.2) is 11.6 Å². The van der Waals surface area contributed by atoms with E-state index in [4.69, 9.17) is 4.42 Å². The minimum atomic E-state index is -0.899. The number of aliphatic hydroxyl groups excluding tert-OH is 1. The van der Waals surface area contributed by atoms with E-state index in [2.05, 4.69) is 6.58 Å².